The van der Waals surface area contributed by atoms with Crippen molar-refractivity contribution >= 4 is 11.6 Å². The molecule has 0 N–H and O–H groups in total. The van der Waals surface area contributed by atoms with E-state index in [2.05, 4.69) is 32.0 Å². The van der Waals surface area contributed by atoms with E-state index in [1.807, 2.05) is 0 Å². The maximum Gasteiger partial charge on any atom is 0.0226 e. The fourth-order valence-electron chi connectivity index (χ4n) is 1.76. The first-order valence-corrected chi connectivity index (χ1v) is 5.46. The Bertz CT molecular complexity index is 266. The van der Waals surface area contributed by atoms with Gasteiger partial charge >= 0.3 is 0 Å². The third-order valence-corrected chi connectivity index (χ3v) is 2.71. The van der Waals surface area contributed by atoms with Gasteiger partial charge in [-0.15, -0.1) is 11.6 Å². The number of benzene rings is 1. The normalized spacial score (nSPS) is 10.4. The van der Waals surface area contributed by atoms with Crippen LogP contribution in [0.25, 0.3) is 0 Å². The minimum atomic E-state index is 0.761. The van der Waals surface area contributed by atoms with Gasteiger partial charge in [0, 0.05) is 5.88 Å². The molecule has 0 fully saturated rings. The highest BCUT2D eigenvalue weighted by Gasteiger charge is 2.02. The molecule has 72 valence electrons. The smallest absolute Gasteiger partial charge is 0.0226 e. The Morgan fingerprint density at radius 2 is 2.08 bits per heavy atom. The molecule has 0 heterocycles. The highest BCUT2D eigenvalue weighted by molar-refractivity contribution is 6.17. The molecule has 0 aliphatic rings. The van der Waals surface area contributed by atoms with Gasteiger partial charge in [-0.3, -0.25) is 0 Å². The summed E-state index contributed by atoms with van der Waals surface area (Å²) in [6.07, 6.45) is 3.33. The van der Waals surface area contributed by atoms with Crippen LogP contribution in [0, 0.1) is 6.92 Å². The van der Waals surface area contributed by atoms with Crippen LogP contribution < -0.4 is 0 Å². The number of alkyl halides is 1. The van der Waals surface area contributed by atoms with E-state index in [9.17, 15) is 0 Å². The van der Waals surface area contributed by atoms with Crippen molar-refractivity contribution in [1.82, 2.24) is 0 Å². The van der Waals surface area contributed by atoms with Crippen LogP contribution in [0.2, 0.25) is 0 Å². The molecule has 0 aliphatic carbocycles. The summed E-state index contributed by atoms with van der Waals surface area (Å²) in [5, 5.41) is 0. The molecule has 0 atom stereocenters. The van der Waals surface area contributed by atoms with Gasteiger partial charge in [-0.1, -0.05) is 25.1 Å². The van der Waals surface area contributed by atoms with Crippen molar-refractivity contribution in [3.63, 3.8) is 0 Å². The van der Waals surface area contributed by atoms with E-state index >= 15 is 0 Å². The second kappa shape index (κ2) is 5.29. The highest BCUT2D eigenvalue weighted by Crippen LogP contribution is 2.16. The lowest BCUT2D eigenvalue weighted by molar-refractivity contribution is 0.900. The van der Waals surface area contributed by atoms with E-state index in [1.54, 1.807) is 0 Å². The molecule has 13 heavy (non-hydrogen) atoms. The van der Waals surface area contributed by atoms with E-state index in [-0.39, 0.29) is 0 Å². The first kappa shape index (κ1) is 10.6. The van der Waals surface area contributed by atoms with Crippen molar-refractivity contribution in [3.05, 3.63) is 34.9 Å². The molecular weight excluding hydrogens is 180 g/mol. The van der Waals surface area contributed by atoms with Gasteiger partial charge in [0.2, 0.25) is 0 Å². The summed E-state index contributed by atoms with van der Waals surface area (Å²) < 4.78 is 0. The number of hydrogen-bond acceptors (Lipinski definition) is 0. The van der Waals surface area contributed by atoms with Crippen LogP contribution >= 0.6 is 11.6 Å². The molecule has 0 amide bonds. The maximum absolute atomic E-state index is 5.69. The van der Waals surface area contributed by atoms with E-state index in [0.717, 1.165) is 25.1 Å². The quantitative estimate of drug-likeness (QED) is 0.644. The maximum atomic E-state index is 5.69. The van der Waals surface area contributed by atoms with Crippen LogP contribution in [0.4, 0.5) is 0 Å². The van der Waals surface area contributed by atoms with Gasteiger partial charge in [0.05, 0.1) is 0 Å². The monoisotopic (exact) mass is 196 g/mol. The van der Waals surface area contributed by atoms with E-state index in [1.165, 1.54) is 16.7 Å². The zero-order valence-corrected chi connectivity index (χ0v) is 9.19. The van der Waals surface area contributed by atoms with Gasteiger partial charge in [0.1, 0.15) is 0 Å². The van der Waals surface area contributed by atoms with Crippen LogP contribution in [0.5, 0.6) is 0 Å². The predicted molar refractivity (Wildman–Crippen MR) is 59.6 cm³/mol. The predicted octanol–water partition coefficient (Wildman–Crippen LogP) is 3.73. The van der Waals surface area contributed by atoms with Gasteiger partial charge in [-0.25, -0.2) is 0 Å². The van der Waals surface area contributed by atoms with Crippen LogP contribution in [0.3, 0.4) is 0 Å². The third kappa shape index (κ3) is 2.73. The fraction of sp³-hybridized carbons (Fsp3) is 0.500. The Morgan fingerprint density at radius 1 is 1.31 bits per heavy atom. The molecule has 0 saturated carbocycles. The fourth-order valence-corrected chi connectivity index (χ4v) is 1.89. The molecule has 1 aromatic carbocycles. The molecule has 0 nitrogen and oxygen atoms in total. The Hall–Kier alpha value is -0.490. The van der Waals surface area contributed by atoms with Crippen molar-refractivity contribution in [2.24, 2.45) is 0 Å². The summed E-state index contributed by atoms with van der Waals surface area (Å²) in [7, 11) is 0. The Labute approximate surface area is 85.9 Å². The van der Waals surface area contributed by atoms with Gasteiger partial charge < -0.3 is 0 Å². The number of halogens is 1. The lowest BCUT2D eigenvalue weighted by Gasteiger charge is -2.09. The van der Waals surface area contributed by atoms with Crippen molar-refractivity contribution in [2.75, 3.05) is 5.88 Å². The van der Waals surface area contributed by atoms with Gasteiger partial charge in [0.25, 0.3) is 0 Å². The average Bonchev–Trinajstić information content (AvgIpc) is 2.15. The average molecular weight is 197 g/mol. The molecule has 0 aromatic heterocycles. The molecule has 0 unspecified atom stereocenters. The van der Waals surface area contributed by atoms with Crippen molar-refractivity contribution < 1.29 is 0 Å². The standard InChI is InChI=1S/C12H17Cl/c1-3-12-10(2)6-4-7-11(12)8-5-9-13/h4,6-7H,3,5,8-9H2,1-2H3. The molecule has 1 aromatic rings. The summed E-state index contributed by atoms with van der Waals surface area (Å²) in [4.78, 5) is 0. The van der Waals surface area contributed by atoms with Crippen LogP contribution in [-0.2, 0) is 12.8 Å². The van der Waals surface area contributed by atoms with Crippen LogP contribution in [0.15, 0.2) is 18.2 Å². The molecule has 0 bridgehead atoms. The second-order valence-corrected chi connectivity index (χ2v) is 3.74. The molecule has 1 heteroatoms. The summed E-state index contributed by atoms with van der Waals surface area (Å²) in [5.41, 5.74) is 4.39. The van der Waals surface area contributed by atoms with Crippen molar-refractivity contribution in [2.45, 2.75) is 33.1 Å². The van der Waals surface area contributed by atoms with Crippen LogP contribution in [0.1, 0.15) is 30.0 Å². The largest absolute Gasteiger partial charge is 0.127 e. The topological polar surface area (TPSA) is 0 Å². The van der Waals surface area contributed by atoms with Gasteiger partial charge in [0.15, 0.2) is 0 Å². The van der Waals surface area contributed by atoms with Crippen LogP contribution in [-0.4, -0.2) is 5.88 Å². The van der Waals surface area contributed by atoms with E-state index in [0.29, 0.717) is 0 Å². The minimum Gasteiger partial charge on any atom is -0.127 e. The molecular formula is C12H17Cl. The summed E-state index contributed by atoms with van der Waals surface area (Å²) >= 11 is 5.69. The van der Waals surface area contributed by atoms with Crippen molar-refractivity contribution in [3.8, 4) is 0 Å². The molecule has 1 rings (SSSR count). The third-order valence-electron chi connectivity index (χ3n) is 2.44. The summed E-state index contributed by atoms with van der Waals surface area (Å²) in [6, 6.07) is 6.54. The SMILES string of the molecule is CCc1c(C)cccc1CCCCl. The zero-order chi connectivity index (χ0) is 9.68. The lowest BCUT2D eigenvalue weighted by atomic mass is 9.97. The number of hydrogen-bond donors (Lipinski definition) is 0. The van der Waals surface area contributed by atoms with E-state index in [4.69, 9.17) is 11.6 Å². The van der Waals surface area contributed by atoms with Gasteiger partial charge in [-0.2, -0.15) is 0 Å². The number of aryl methyl sites for hydroxylation is 2. The zero-order valence-electron chi connectivity index (χ0n) is 8.44. The Balaban J connectivity index is 2.85. The highest BCUT2D eigenvalue weighted by atomic mass is 35.5. The molecule has 0 saturated heterocycles. The first-order valence-electron chi connectivity index (χ1n) is 4.93. The summed E-state index contributed by atoms with van der Waals surface area (Å²) in [6.45, 7) is 4.40. The molecule has 0 radical (unpaired) electrons. The van der Waals surface area contributed by atoms with E-state index < -0.39 is 0 Å². The molecule has 0 spiro atoms. The Kier molecular flexibility index (Phi) is 4.31. The minimum absolute atomic E-state index is 0.761. The van der Waals surface area contributed by atoms with Gasteiger partial charge in [-0.05, 0) is 42.9 Å². The second-order valence-electron chi connectivity index (χ2n) is 3.36. The number of rotatable bonds is 4. The van der Waals surface area contributed by atoms with Crippen molar-refractivity contribution in [1.29, 1.82) is 0 Å². The summed E-state index contributed by atoms with van der Waals surface area (Å²) in [5.74, 6) is 0.761. The first-order chi connectivity index (χ1) is 6.29. The molecule has 0 aliphatic heterocycles. The Morgan fingerprint density at radius 3 is 2.69 bits per heavy atom. The lowest BCUT2D eigenvalue weighted by Crippen LogP contribution is -1.96.